The second-order valence-electron chi connectivity index (χ2n) is 4.27. The Bertz CT molecular complexity index is 163. The van der Waals surface area contributed by atoms with Gasteiger partial charge in [0.15, 0.2) is 0 Å². The van der Waals surface area contributed by atoms with Crippen molar-refractivity contribution >= 4 is 11.8 Å². The molecule has 4 unspecified atom stereocenters. The standard InChI is InChI=1S/C11H23NOS/c1-4-12-10-5-6-11(7-10)14-9(3)8(2)13/h8-13H,4-7H2,1-3H3. The first-order valence-electron chi connectivity index (χ1n) is 5.70. The van der Waals surface area contributed by atoms with Crippen LogP contribution in [0.15, 0.2) is 0 Å². The molecule has 0 aromatic rings. The molecule has 0 bridgehead atoms. The monoisotopic (exact) mass is 217 g/mol. The van der Waals surface area contributed by atoms with E-state index in [-0.39, 0.29) is 6.10 Å². The van der Waals surface area contributed by atoms with Gasteiger partial charge in [0.25, 0.3) is 0 Å². The van der Waals surface area contributed by atoms with E-state index in [9.17, 15) is 5.11 Å². The third-order valence-corrected chi connectivity index (χ3v) is 4.60. The first kappa shape index (κ1) is 12.3. The zero-order valence-electron chi connectivity index (χ0n) is 9.49. The van der Waals surface area contributed by atoms with Gasteiger partial charge in [0.2, 0.25) is 0 Å². The fraction of sp³-hybridized carbons (Fsp3) is 1.00. The summed E-state index contributed by atoms with van der Waals surface area (Å²) in [6, 6.07) is 0.721. The van der Waals surface area contributed by atoms with E-state index < -0.39 is 0 Å². The van der Waals surface area contributed by atoms with Crippen LogP contribution in [0.25, 0.3) is 0 Å². The van der Waals surface area contributed by atoms with Crippen LogP contribution in [0.4, 0.5) is 0 Å². The van der Waals surface area contributed by atoms with Crippen LogP contribution in [0, 0.1) is 0 Å². The number of thioether (sulfide) groups is 1. The summed E-state index contributed by atoms with van der Waals surface area (Å²) < 4.78 is 0. The summed E-state index contributed by atoms with van der Waals surface area (Å²) in [7, 11) is 0. The Hall–Kier alpha value is 0.270. The van der Waals surface area contributed by atoms with E-state index in [0.29, 0.717) is 5.25 Å². The molecule has 2 nitrogen and oxygen atoms in total. The van der Waals surface area contributed by atoms with Crippen LogP contribution in [0.3, 0.4) is 0 Å². The van der Waals surface area contributed by atoms with Crippen molar-refractivity contribution in [2.45, 2.75) is 62.7 Å². The lowest BCUT2D eigenvalue weighted by atomic mass is 10.2. The summed E-state index contributed by atoms with van der Waals surface area (Å²) in [6.45, 7) is 7.25. The highest BCUT2D eigenvalue weighted by atomic mass is 32.2. The normalized spacial score (nSPS) is 31.7. The second-order valence-corrected chi connectivity index (χ2v) is 5.95. The van der Waals surface area contributed by atoms with Crippen LogP contribution in [0.2, 0.25) is 0 Å². The molecule has 0 aromatic heterocycles. The molecule has 1 aliphatic carbocycles. The zero-order valence-corrected chi connectivity index (χ0v) is 10.3. The van der Waals surface area contributed by atoms with Gasteiger partial charge >= 0.3 is 0 Å². The maximum absolute atomic E-state index is 9.41. The zero-order chi connectivity index (χ0) is 10.6. The van der Waals surface area contributed by atoms with Gasteiger partial charge in [-0.25, -0.2) is 0 Å². The smallest absolute Gasteiger partial charge is 0.0628 e. The highest BCUT2D eigenvalue weighted by Crippen LogP contribution is 2.33. The highest BCUT2D eigenvalue weighted by molar-refractivity contribution is 8.00. The molecule has 14 heavy (non-hydrogen) atoms. The van der Waals surface area contributed by atoms with Gasteiger partial charge < -0.3 is 10.4 Å². The van der Waals surface area contributed by atoms with Crippen LogP contribution in [-0.4, -0.2) is 34.3 Å². The predicted octanol–water partition coefficient (Wildman–Crippen LogP) is 2.02. The van der Waals surface area contributed by atoms with Gasteiger partial charge in [-0.3, -0.25) is 0 Å². The molecule has 84 valence electrons. The topological polar surface area (TPSA) is 32.3 Å². The maximum atomic E-state index is 9.41. The third-order valence-electron chi connectivity index (χ3n) is 2.96. The lowest BCUT2D eigenvalue weighted by Crippen LogP contribution is -2.26. The second kappa shape index (κ2) is 5.99. The van der Waals surface area contributed by atoms with E-state index in [0.717, 1.165) is 17.8 Å². The Morgan fingerprint density at radius 1 is 1.43 bits per heavy atom. The lowest BCUT2D eigenvalue weighted by Gasteiger charge is -2.19. The van der Waals surface area contributed by atoms with E-state index in [1.807, 2.05) is 18.7 Å². The quantitative estimate of drug-likeness (QED) is 0.739. The Kier molecular flexibility index (Phi) is 5.28. The van der Waals surface area contributed by atoms with Crippen molar-refractivity contribution < 1.29 is 5.11 Å². The third kappa shape index (κ3) is 3.79. The molecule has 0 aliphatic heterocycles. The van der Waals surface area contributed by atoms with Gasteiger partial charge in [-0.15, -0.1) is 0 Å². The maximum Gasteiger partial charge on any atom is 0.0628 e. The van der Waals surface area contributed by atoms with Crippen molar-refractivity contribution in [2.75, 3.05) is 6.54 Å². The van der Waals surface area contributed by atoms with Gasteiger partial charge in [-0.1, -0.05) is 13.8 Å². The highest BCUT2D eigenvalue weighted by Gasteiger charge is 2.26. The number of aliphatic hydroxyl groups excluding tert-OH is 1. The molecule has 0 heterocycles. The minimum absolute atomic E-state index is 0.182. The summed E-state index contributed by atoms with van der Waals surface area (Å²) in [4.78, 5) is 0. The van der Waals surface area contributed by atoms with Crippen LogP contribution in [-0.2, 0) is 0 Å². The average molecular weight is 217 g/mol. The molecule has 1 fully saturated rings. The number of hydrogen-bond donors (Lipinski definition) is 2. The fourth-order valence-corrected chi connectivity index (χ4v) is 3.41. The Labute approximate surface area is 91.9 Å². The van der Waals surface area contributed by atoms with Crippen molar-refractivity contribution in [3.8, 4) is 0 Å². The summed E-state index contributed by atoms with van der Waals surface area (Å²) in [5, 5.41) is 14.0. The van der Waals surface area contributed by atoms with Gasteiger partial charge in [0, 0.05) is 16.5 Å². The Morgan fingerprint density at radius 3 is 2.71 bits per heavy atom. The van der Waals surface area contributed by atoms with Gasteiger partial charge in [-0.2, -0.15) is 11.8 Å². The van der Waals surface area contributed by atoms with Crippen molar-refractivity contribution in [1.29, 1.82) is 0 Å². The molecule has 1 aliphatic rings. The Balaban J connectivity index is 2.21. The van der Waals surface area contributed by atoms with Crippen LogP contribution in [0.5, 0.6) is 0 Å². The molecule has 3 heteroatoms. The first-order chi connectivity index (χ1) is 6.63. The predicted molar refractivity (Wildman–Crippen MR) is 63.8 cm³/mol. The van der Waals surface area contributed by atoms with E-state index >= 15 is 0 Å². The molecule has 1 rings (SSSR count). The molecule has 0 radical (unpaired) electrons. The summed E-state index contributed by atoms with van der Waals surface area (Å²) in [5.41, 5.74) is 0. The molecule has 0 aromatic carbocycles. The molecule has 1 saturated carbocycles. The molecule has 0 amide bonds. The van der Waals surface area contributed by atoms with Crippen molar-refractivity contribution in [2.24, 2.45) is 0 Å². The summed E-state index contributed by atoms with van der Waals surface area (Å²) in [5.74, 6) is 0. The first-order valence-corrected chi connectivity index (χ1v) is 6.64. The van der Waals surface area contributed by atoms with Gasteiger partial charge in [0.1, 0.15) is 0 Å². The van der Waals surface area contributed by atoms with Crippen LogP contribution >= 0.6 is 11.8 Å². The Morgan fingerprint density at radius 2 is 2.14 bits per heavy atom. The summed E-state index contributed by atoms with van der Waals surface area (Å²) >= 11 is 1.95. The molecule has 0 saturated heterocycles. The van der Waals surface area contributed by atoms with Crippen LogP contribution in [0.1, 0.15) is 40.0 Å². The van der Waals surface area contributed by atoms with E-state index in [1.54, 1.807) is 0 Å². The van der Waals surface area contributed by atoms with E-state index in [4.69, 9.17) is 0 Å². The molecular weight excluding hydrogens is 194 g/mol. The van der Waals surface area contributed by atoms with Gasteiger partial charge in [0.05, 0.1) is 6.10 Å². The minimum Gasteiger partial charge on any atom is -0.392 e. The largest absolute Gasteiger partial charge is 0.392 e. The van der Waals surface area contributed by atoms with Crippen LogP contribution < -0.4 is 5.32 Å². The number of aliphatic hydroxyl groups is 1. The molecule has 4 atom stereocenters. The lowest BCUT2D eigenvalue weighted by molar-refractivity contribution is 0.196. The molecule has 0 spiro atoms. The van der Waals surface area contributed by atoms with Crippen molar-refractivity contribution in [3.05, 3.63) is 0 Å². The van der Waals surface area contributed by atoms with E-state index in [1.165, 1.54) is 19.3 Å². The average Bonchev–Trinajstić information content (AvgIpc) is 2.53. The molecule has 2 N–H and O–H groups in total. The van der Waals surface area contributed by atoms with Crippen molar-refractivity contribution in [3.63, 3.8) is 0 Å². The van der Waals surface area contributed by atoms with E-state index in [2.05, 4.69) is 19.2 Å². The number of hydrogen-bond acceptors (Lipinski definition) is 3. The van der Waals surface area contributed by atoms with Crippen molar-refractivity contribution in [1.82, 2.24) is 5.32 Å². The minimum atomic E-state index is -0.182. The molecular formula is C11H23NOS. The number of rotatable bonds is 5. The van der Waals surface area contributed by atoms with Gasteiger partial charge in [-0.05, 0) is 32.7 Å². The summed E-state index contributed by atoms with van der Waals surface area (Å²) in [6.07, 6.45) is 3.70. The fourth-order valence-electron chi connectivity index (χ4n) is 1.96. The SMILES string of the molecule is CCNC1CCC(SC(C)C(C)O)C1. The number of nitrogens with one attached hydrogen (secondary N) is 1.